The molecule has 1 aliphatic heterocycles. The van der Waals surface area contributed by atoms with Crippen molar-refractivity contribution in [3.63, 3.8) is 0 Å². The Bertz CT molecular complexity index is 514. The zero-order chi connectivity index (χ0) is 11.1. The van der Waals surface area contributed by atoms with Gasteiger partial charge in [0.1, 0.15) is 0 Å². The molecule has 2 aromatic rings. The molecule has 3 rings (SSSR count). The first-order valence-corrected chi connectivity index (χ1v) is 7.37. The summed E-state index contributed by atoms with van der Waals surface area (Å²) < 4.78 is 2.32. The van der Waals surface area contributed by atoms with Crippen molar-refractivity contribution in [3.05, 3.63) is 56.5 Å². The van der Waals surface area contributed by atoms with Crippen LogP contribution in [-0.4, -0.2) is 0 Å². The molecule has 0 N–H and O–H groups in total. The second-order valence-corrected chi connectivity index (χ2v) is 6.70. The van der Waals surface area contributed by atoms with E-state index in [2.05, 4.69) is 68.3 Å². The Balaban J connectivity index is 2.10. The van der Waals surface area contributed by atoms with Gasteiger partial charge in [0.15, 0.2) is 0 Å². The van der Waals surface area contributed by atoms with Gasteiger partial charge in [0, 0.05) is 18.7 Å². The minimum Gasteiger partial charge on any atom is -0.0895 e. The molecule has 2 aromatic carbocycles. The second kappa shape index (κ2) is 4.21. The van der Waals surface area contributed by atoms with Crippen LogP contribution in [0.2, 0.25) is 0 Å². The van der Waals surface area contributed by atoms with Crippen LogP contribution < -0.4 is 0 Å². The van der Waals surface area contributed by atoms with Gasteiger partial charge >= 0.3 is 0 Å². The van der Waals surface area contributed by atoms with Crippen LogP contribution in [0.3, 0.4) is 0 Å². The Morgan fingerprint density at radius 2 is 1.31 bits per heavy atom. The van der Waals surface area contributed by atoms with E-state index in [1.165, 1.54) is 20.9 Å². The fourth-order valence-electron chi connectivity index (χ4n) is 1.90. The Hall–Kier alpha value is -0.250. The smallest absolute Gasteiger partial charge is 0.0178 e. The fourth-order valence-corrected chi connectivity index (χ4v) is 3.75. The van der Waals surface area contributed by atoms with Crippen molar-refractivity contribution in [2.24, 2.45) is 0 Å². The highest BCUT2D eigenvalue weighted by Crippen LogP contribution is 2.41. The van der Waals surface area contributed by atoms with Gasteiger partial charge in [0.05, 0.1) is 0 Å². The third-order valence-corrected chi connectivity index (χ3v) is 4.87. The summed E-state index contributed by atoms with van der Waals surface area (Å²) in [7, 11) is 0. The summed E-state index contributed by atoms with van der Waals surface area (Å²) in [4.78, 5) is 2.75. The van der Waals surface area contributed by atoms with E-state index in [1.807, 2.05) is 11.8 Å². The highest BCUT2D eigenvalue weighted by molar-refractivity contribution is 9.10. The number of halogens is 2. The standard InChI is InChI=1S/C13H8Br2S/c14-10-1-3-12-8(6-10)5-9-7-11(15)2-4-13(9)16-12/h1-4,6-7H,5H2. The van der Waals surface area contributed by atoms with Crippen LogP contribution in [0.4, 0.5) is 0 Å². The number of benzene rings is 2. The van der Waals surface area contributed by atoms with Crippen molar-refractivity contribution in [1.29, 1.82) is 0 Å². The summed E-state index contributed by atoms with van der Waals surface area (Å²) in [5.41, 5.74) is 2.81. The maximum absolute atomic E-state index is 3.53. The molecule has 80 valence electrons. The molecule has 0 atom stereocenters. The quantitative estimate of drug-likeness (QED) is 0.529. The third-order valence-electron chi connectivity index (χ3n) is 2.65. The monoisotopic (exact) mass is 354 g/mol. The maximum Gasteiger partial charge on any atom is 0.0178 e. The summed E-state index contributed by atoms with van der Waals surface area (Å²) in [6, 6.07) is 13.0. The second-order valence-electron chi connectivity index (χ2n) is 3.78. The Morgan fingerprint density at radius 3 is 1.81 bits per heavy atom. The molecular formula is C13H8Br2S. The summed E-state index contributed by atoms with van der Waals surface area (Å²) in [5, 5.41) is 0. The Kier molecular flexibility index (Phi) is 2.86. The molecule has 0 fully saturated rings. The number of fused-ring (bicyclic) bond motifs is 2. The van der Waals surface area contributed by atoms with Crippen LogP contribution in [0, 0.1) is 0 Å². The first-order chi connectivity index (χ1) is 7.72. The average molecular weight is 356 g/mol. The van der Waals surface area contributed by atoms with Crippen LogP contribution in [-0.2, 0) is 6.42 Å². The molecule has 16 heavy (non-hydrogen) atoms. The lowest BCUT2D eigenvalue weighted by atomic mass is 10.0. The van der Waals surface area contributed by atoms with Gasteiger partial charge in [-0.3, -0.25) is 0 Å². The van der Waals surface area contributed by atoms with E-state index in [-0.39, 0.29) is 0 Å². The van der Waals surface area contributed by atoms with Crippen LogP contribution in [0.1, 0.15) is 11.1 Å². The molecular weight excluding hydrogens is 348 g/mol. The Morgan fingerprint density at radius 1 is 0.812 bits per heavy atom. The summed E-state index contributed by atoms with van der Waals surface area (Å²) in [5.74, 6) is 0. The zero-order valence-corrected chi connectivity index (χ0v) is 12.3. The molecule has 0 unspecified atom stereocenters. The predicted octanol–water partition coefficient (Wildman–Crippen LogP) is 5.27. The van der Waals surface area contributed by atoms with Gasteiger partial charge in [0.25, 0.3) is 0 Å². The minimum atomic E-state index is 1.02. The molecule has 0 saturated carbocycles. The summed E-state index contributed by atoms with van der Waals surface area (Å²) in [6.07, 6.45) is 1.02. The van der Waals surface area contributed by atoms with Gasteiger partial charge in [0.2, 0.25) is 0 Å². The van der Waals surface area contributed by atoms with Crippen LogP contribution in [0.5, 0.6) is 0 Å². The van der Waals surface area contributed by atoms with Gasteiger partial charge < -0.3 is 0 Å². The molecule has 0 bridgehead atoms. The van der Waals surface area contributed by atoms with Crippen molar-refractivity contribution in [2.75, 3.05) is 0 Å². The largest absolute Gasteiger partial charge is 0.0895 e. The topological polar surface area (TPSA) is 0 Å². The number of rotatable bonds is 0. The van der Waals surface area contributed by atoms with Crippen molar-refractivity contribution in [1.82, 2.24) is 0 Å². The van der Waals surface area contributed by atoms with E-state index in [0.29, 0.717) is 0 Å². The zero-order valence-electron chi connectivity index (χ0n) is 8.34. The molecule has 0 radical (unpaired) electrons. The van der Waals surface area contributed by atoms with Crippen molar-refractivity contribution in [3.8, 4) is 0 Å². The van der Waals surface area contributed by atoms with E-state index < -0.39 is 0 Å². The number of hydrogen-bond donors (Lipinski definition) is 0. The van der Waals surface area contributed by atoms with Crippen LogP contribution in [0.25, 0.3) is 0 Å². The number of hydrogen-bond acceptors (Lipinski definition) is 1. The Labute approximate surface area is 116 Å². The molecule has 1 heterocycles. The first kappa shape index (κ1) is 10.9. The SMILES string of the molecule is Brc1ccc2c(c1)Cc1cc(Br)ccc1S2. The molecule has 0 saturated heterocycles. The van der Waals surface area contributed by atoms with Gasteiger partial charge in [-0.25, -0.2) is 0 Å². The van der Waals surface area contributed by atoms with E-state index in [0.717, 1.165) is 15.4 Å². The average Bonchev–Trinajstić information content (AvgIpc) is 2.26. The molecule has 0 spiro atoms. The maximum atomic E-state index is 3.53. The third kappa shape index (κ3) is 1.96. The fraction of sp³-hybridized carbons (Fsp3) is 0.0769. The normalized spacial score (nSPS) is 13.1. The molecule has 0 nitrogen and oxygen atoms in total. The molecule has 0 aliphatic carbocycles. The van der Waals surface area contributed by atoms with Crippen molar-refractivity contribution >= 4 is 43.6 Å². The van der Waals surface area contributed by atoms with E-state index >= 15 is 0 Å². The first-order valence-electron chi connectivity index (χ1n) is 4.97. The molecule has 0 aromatic heterocycles. The lowest BCUT2D eigenvalue weighted by Crippen LogP contribution is -1.99. The van der Waals surface area contributed by atoms with E-state index in [4.69, 9.17) is 0 Å². The van der Waals surface area contributed by atoms with Crippen LogP contribution >= 0.6 is 43.6 Å². The predicted molar refractivity (Wildman–Crippen MR) is 75.2 cm³/mol. The van der Waals surface area contributed by atoms with E-state index in [1.54, 1.807) is 0 Å². The summed E-state index contributed by atoms with van der Waals surface area (Å²) >= 11 is 8.91. The van der Waals surface area contributed by atoms with Crippen molar-refractivity contribution < 1.29 is 0 Å². The van der Waals surface area contributed by atoms with Gasteiger partial charge in [-0.2, -0.15) is 0 Å². The van der Waals surface area contributed by atoms with Crippen LogP contribution in [0.15, 0.2) is 55.1 Å². The van der Waals surface area contributed by atoms with Gasteiger partial charge in [-0.15, -0.1) is 0 Å². The highest BCUT2D eigenvalue weighted by Gasteiger charge is 2.16. The van der Waals surface area contributed by atoms with E-state index in [9.17, 15) is 0 Å². The molecule has 3 heteroatoms. The minimum absolute atomic E-state index is 1.02. The molecule has 0 amide bonds. The van der Waals surface area contributed by atoms with Crippen molar-refractivity contribution in [2.45, 2.75) is 16.2 Å². The van der Waals surface area contributed by atoms with Gasteiger partial charge in [-0.1, -0.05) is 43.6 Å². The molecule has 1 aliphatic rings. The highest BCUT2D eigenvalue weighted by atomic mass is 79.9. The summed E-state index contributed by atoms with van der Waals surface area (Å²) in [6.45, 7) is 0. The lowest BCUT2D eigenvalue weighted by molar-refractivity contribution is 1.05. The lowest BCUT2D eigenvalue weighted by Gasteiger charge is -2.19. The van der Waals surface area contributed by atoms with Gasteiger partial charge in [-0.05, 0) is 53.9 Å².